The molecule has 1 heterocycles. The van der Waals surface area contributed by atoms with Crippen molar-refractivity contribution >= 4 is 11.6 Å². The van der Waals surface area contributed by atoms with Crippen LogP contribution in [0.3, 0.4) is 0 Å². The molecule has 0 aromatic heterocycles. The first-order valence-corrected chi connectivity index (χ1v) is 7.79. The van der Waals surface area contributed by atoms with Gasteiger partial charge in [0.15, 0.2) is 0 Å². The standard InChI is InChI=1S/C16H25ClN2/c1-14-4-5-16(12-15(14)2)13-19-8-3-7-18(9-6-17)10-11-19/h4-5,12H,3,6-11,13H2,1-2H3. The van der Waals surface area contributed by atoms with Crippen molar-refractivity contribution in [3.05, 3.63) is 34.9 Å². The van der Waals surface area contributed by atoms with E-state index >= 15 is 0 Å². The molecule has 106 valence electrons. The maximum Gasteiger partial charge on any atom is 0.0351 e. The van der Waals surface area contributed by atoms with Crippen LogP contribution >= 0.6 is 11.6 Å². The molecule has 0 unspecified atom stereocenters. The van der Waals surface area contributed by atoms with Crippen molar-refractivity contribution in [2.45, 2.75) is 26.8 Å². The summed E-state index contributed by atoms with van der Waals surface area (Å²) in [5, 5.41) is 0. The van der Waals surface area contributed by atoms with Crippen LogP contribution in [0.15, 0.2) is 18.2 Å². The molecule has 2 rings (SSSR count). The van der Waals surface area contributed by atoms with Crippen molar-refractivity contribution in [3.63, 3.8) is 0 Å². The highest BCUT2D eigenvalue weighted by Gasteiger charge is 2.14. The van der Waals surface area contributed by atoms with E-state index in [4.69, 9.17) is 11.6 Å². The van der Waals surface area contributed by atoms with Crippen LogP contribution in [0.1, 0.15) is 23.1 Å². The first-order chi connectivity index (χ1) is 9.19. The van der Waals surface area contributed by atoms with Gasteiger partial charge >= 0.3 is 0 Å². The first kappa shape index (κ1) is 14.8. The van der Waals surface area contributed by atoms with Gasteiger partial charge in [0.05, 0.1) is 0 Å². The van der Waals surface area contributed by atoms with E-state index in [0.29, 0.717) is 0 Å². The first-order valence-electron chi connectivity index (χ1n) is 7.26. The lowest BCUT2D eigenvalue weighted by atomic mass is 10.1. The second-order valence-electron chi connectivity index (χ2n) is 5.58. The molecule has 1 fully saturated rings. The van der Waals surface area contributed by atoms with Gasteiger partial charge in [-0.2, -0.15) is 0 Å². The summed E-state index contributed by atoms with van der Waals surface area (Å²) in [5.41, 5.74) is 4.22. The molecule has 0 aliphatic carbocycles. The molecule has 19 heavy (non-hydrogen) atoms. The summed E-state index contributed by atoms with van der Waals surface area (Å²) >= 11 is 5.83. The molecule has 0 N–H and O–H groups in total. The van der Waals surface area contributed by atoms with E-state index in [1.807, 2.05) is 0 Å². The zero-order chi connectivity index (χ0) is 13.7. The zero-order valence-electron chi connectivity index (χ0n) is 12.2. The van der Waals surface area contributed by atoms with Gasteiger partial charge in [-0.25, -0.2) is 0 Å². The van der Waals surface area contributed by atoms with Crippen molar-refractivity contribution in [2.75, 3.05) is 38.6 Å². The van der Waals surface area contributed by atoms with Gasteiger partial charge in [-0.15, -0.1) is 11.6 Å². The highest BCUT2D eigenvalue weighted by molar-refractivity contribution is 6.18. The maximum absolute atomic E-state index is 5.83. The second-order valence-corrected chi connectivity index (χ2v) is 5.96. The van der Waals surface area contributed by atoms with Gasteiger partial charge in [-0.1, -0.05) is 18.2 Å². The molecule has 0 radical (unpaired) electrons. The Kier molecular flexibility index (Phi) is 5.68. The van der Waals surface area contributed by atoms with Crippen molar-refractivity contribution in [3.8, 4) is 0 Å². The molecular formula is C16H25ClN2. The smallest absolute Gasteiger partial charge is 0.0351 e. The van der Waals surface area contributed by atoms with Crippen LogP contribution in [0, 0.1) is 13.8 Å². The van der Waals surface area contributed by atoms with E-state index < -0.39 is 0 Å². The number of benzene rings is 1. The minimum atomic E-state index is 0.747. The fourth-order valence-corrected chi connectivity index (χ4v) is 2.92. The third kappa shape index (κ3) is 4.48. The van der Waals surface area contributed by atoms with Gasteiger partial charge in [0.2, 0.25) is 0 Å². The predicted molar refractivity (Wildman–Crippen MR) is 83.0 cm³/mol. The van der Waals surface area contributed by atoms with Crippen LogP contribution < -0.4 is 0 Å². The monoisotopic (exact) mass is 280 g/mol. The van der Waals surface area contributed by atoms with Crippen LogP contribution in [0.25, 0.3) is 0 Å². The number of nitrogens with zero attached hydrogens (tertiary/aromatic N) is 2. The Morgan fingerprint density at radius 2 is 1.74 bits per heavy atom. The summed E-state index contributed by atoms with van der Waals surface area (Å²) in [6.07, 6.45) is 1.25. The highest BCUT2D eigenvalue weighted by Crippen LogP contribution is 2.13. The van der Waals surface area contributed by atoms with E-state index in [9.17, 15) is 0 Å². The number of aryl methyl sites for hydroxylation is 2. The van der Waals surface area contributed by atoms with Crippen molar-refractivity contribution in [2.24, 2.45) is 0 Å². The molecule has 1 saturated heterocycles. The summed E-state index contributed by atoms with van der Waals surface area (Å²) in [5.74, 6) is 0.747. The fourth-order valence-electron chi connectivity index (χ4n) is 2.69. The van der Waals surface area contributed by atoms with E-state index in [0.717, 1.165) is 32.1 Å². The molecule has 2 nitrogen and oxygen atoms in total. The zero-order valence-corrected chi connectivity index (χ0v) is 12.9. The lowest BCUT2D eigenvalue weighted by Gasteiger charge is -2.21. The SMILES string of the molecule is Cc1ccc(CN2CCCN(CCCl)CC2)cc1C. The van der Waals surface area contributed by atoms with Gasteiger partial charge in [0.25, 0.3) is 0 Å². The van der Waals surface area contributed by atoms with Crippen molar-refractivity contribution < 1.29 is 0 Å². The average Bonchev–Trinajstić information content (AvgIpc) is 2.60. The van der Waals surface area contributed by atoms with Crippen molar-refractivity contribution in [1.29, 1.82) is 0 Å². The Bertz CT molecular complexity index is 406. The van der Waals surface area contributed by atoms with Crippen LogP contribution in [0.2, 0.25) is 0 Å². The quantitative estimate of drug-likeness (QED) is 0.782. The molecular weight excluding hydrogens is 256 g/mol. The maximum atomic E-state index is 5.83. The Morgan fingerprint density at radius 3 is 2.47 bits per heavy atom. The number of halogens is 1. The van der Waals surface area contributed by atoms with Gasteiger partial charge in [0, 0.05) is 32.1 Å². The number of rotatable bonds is 4. The lowest BCUT2D eigenvalue weighted by molar-refractivity contribution is 0.258. The third-order valence-electron chi connectivity index (χ3n) is 4.06. The summed E-state index contributed by atoms with van der Waals surface area (Å²) in [4.78, 5) is 5.05. The summed E-state index contributed by atoms with van der Waals surface area (Å²) in [7, 11) is 0. The molecule has 1 aliphatic rings. The van der Waals surface area contributed by atoms with Crippen LogP contribution in [0.5, 0.6) is 0 Å². The highest BCUT2D eigenvalue weighted by atomic mass is 35.5. The third-order valence-corrected chi connectivity index (χ3v) is 4.23. The summed E-state index contributed by atoms with van der Waals surface area (Å²) < 4.78 is 0. The van der Waals surface area contributed by atoms with Gasteiger partial charge in [0.1, 0.15) is 0 Å². The molecule has 1 aromatic rings. The topological polar surface area (TPSA) is 6.48 Å². The van der Waals surface area contributed by atoms with E-state index in [2.05, 4.69) is 41.8 Å². The van der Waals surface area contributed by atoms with Crippen LogP contribution in [-0.2, 0) is 6.54 Å². The Balaban J connectivity index is 1.90. The average molecular weight is 281 g/mol. The summed E-state index contributed by atoms with van der Waals surface area (Å²) in [6, 6.07) is 6.84. The van der Waals surface area contributed by atoms with Crippen molar-refractivity contribution in [1.82, 2.24) is 9.80 Å². The van der Waals surface area contributed by atoms with E-state index in [1.165, 1.54) is 36.2 Å². The molecule has 0 atom stereocenters. The van der Waals surface area contributed by atoms with E-state index in [1.54, 1.807) is 0 Å². The number of alkyl halides is 1. The minimum absolute atomic E-state index is 0.747. The Labute approximate surface area is 122 Å². The van der Waals surface area contributed by atoms with Crippen LogP contribution in [0.4, 0.5) is 0 Å². The second kappa shape index (κ2) is 7.28. The molecule has 0 bridgehead atoms. The normalized spacial score (nSPS) is 18.5. The Hall–Kier alpha value is -0.570. The summed E-state index contributed by atoms with van der Waals surface area (Å²) in [6.45, 7) is 11.2. The lowest BCUT2D eigenvalue weighted by Crippen LogP contribution is -2.31. The minimum Gasteiger partial charge on any atom is -0.301 e. The largest absolute Gasteiger partial charge is 0.301 e. The van der Waals surface area contributed by atoms with Gasteiger partial charge in [-0.05, 0) is 50.0 Å². The molecule has 1 aliphatic heterocycles. The molecule has 0 spiro atoms. The molecule has 0 saturated carbocycles. The predicted octanol–water partition coefficient (Wildman–Crippen LogP) is 3.05. The molecule has 0 amide bonds. The molecule has 3 heteroatoms. The van der Waals surface area contributed by atoms with Gasteiger partial charge in [-0.3, -0.25) is 4.90 Å². The Morgan fingerprint density at radius 1 is 1.00 bits per heavy atom. The fraction of sp³-hybridized carbons (Fsp3) is 0.625. The van der Waals surface area contributed by atoms with Gasteiger partial charge < -0.3 is 4.90 Å². The number of hydrogen-bond donors (Lipinski definition) is 0. The molecule has 1 aromatic carbocycles. The number of hydrogen-bond acceptors (Lipinski definition) is 2. The van der Waals surface area contributed by atoms with Crippen LogP contribution in [-0.4, -0.2) is 48.4 Å². The van der Waals surface area contributed by atoms with E-state index in [-0.39, 0.29) is 0 Å².